The molecule has 0 atom stereocenters. The van der Waals surface area contributed by atoms with Crippen molar-refractivity contribution in [1.82, 2.24) is 4.57 Å². The highest BCUT2D eigenvalue weighted by molar-refractivity contribution is 5.89. The molecule has 1 heterocycles. The summed E-state index contributed by atoms with van der Waals surface area (Å²) in [5.74, 6) is -1.65. The number of hydrogen-bond donors (Lipinski definition) is 1. The highest BCUT2D eigenvalue weighted by Crippen LogP contribution is 2.33. The van der Waals surface area contributed by atoms with Crippen molar-refractivity contribution in [1.29, 1.82) is 5.26 Å². The Bertz CT molecular complexity index is 755. The predicted octanol–water partition coefficient (Wildman–Crippen LogP) is 3.37. The molecular weight excluding hydrogens is 285 g/mol. The van der Waals surface area contributed by atoms with Crippen LogP contribution in [0.1, 0.15) is 27.0 Å². The Balaban J connectivity index is 2.58. The number of hydrogen-bond acceptors (Lipinski definition) is 2. The molecule has 0 unspecified atom stereocenters. The highest BCUT2D eigenvalue weighted by atomic mass is 19.4. The molecule has 0 saturated heterocycles. The van der Waals surface area contributed by atoms with Gasteiger partial charge < -0.3 is 9.67 Å². The molecule has 0 aliphatic carbocycles. The topological polar surface area (TPSA) is 66.0 Å². The highest BCUT2D eigenvalue weighted by Gasteiger charge is 2.37. The number of nitrogens with zero attached hydrogens (tertiary/aromatic N) is 2. The van der Waals surface area contributed by atoms with E-state index < -0.39 is 23.3 Å². The number of halogens is 3. The zero-order valence-corrected chi connectivity index (χ0v) is 10.8. The first-order valence-electron chi connectivity index (χ1n) is 5.77. The molecule has 0 radical (unpaired) electrons. The first kappa shape index (κ1) is 14.7. The number of aromatic carboxylic acids is 1. The number of carboxylic acids is 1. The Morgan fingerprint density at radius 1 is 1.33 bits per heavy atom. The lowest BCUT2D eigenvalue weighted by Gasteiger charge is -2.06. The van der Waals surface area contributed by atoms with Crippen LogP contribution in [0.4, 0.5) is 13.2 Å². The van der Waals surface area contributed by atoms with E-state index in [0.717, 1.165) is 17.0 Å². The minimum absolute atomic E-state index is 0.351. The smallest absolute Gasteiger partial charge is 0.418 e. The Hall–Kier alpha value is -2.75. The van der Waals surface area contributed by atoms with E-state index in [-0.39, 0.29) is 0 Å². The number of carboxylic acid groups (broad SMARTS) is 1. The molecule has 0 amide bonds. The summed E-state index contributed by atoms with van der Waals surface area (Å²) >= 11 is 0. The molecule has 4 nitrogen and oxygen atoms in total. The van der Waals surface area contributed by atoms with Gasteiger partial charge in [-0.25, -0.2) is 4.79 Å². The quantitative estimate of drug-likeness (QED) is 0.923. The predicted molar refractivity (Wildman–Crippen MR) is 67.2 cm³/mol. The molecule has 2 rings (SSSR count). The van der Waals surface area contributed by atoms with Crippen molar-refractivity contribution in [2.45, 2.75) is 13.1 Å². The van der Waals surface area contributed by atoms with Gasteiger partial charge >= 0.3 is 12.1 Å². The summed E-state index contributed by atoms with van der Waals surface area (Å²) in [4.78, 5) is 10.9. The fourth-order valence-electron chi connectivity index (χ4n) is 1.93. The second-order valence-corrected chi connectivity index (χ2v) is 4.41. The van der Waals surface area contributed by atoms with Crippen LogP contribution in [0.5, 0.6) is 0 Å². The maximum atomic E-state index is 12.8. The van der Waals surface area contributed by atoms with E-state index in [1.54, 1.807) is 6.92 Å². The van der Waals surface area contributed by atoms with Crippen LogP contribution in [0.25, 0.3) is 5.69 Å². The van der Waals surface area contributed by atoms with E-state index >= 15 is 0 Å². The standard InChI is InChI=1S/C14H9F3N2O2/c1-8-4-10(3-2-9(8)5-18)19-6-11(13(20)21)12(7-19)14(15,16)17/h2-4,6-7H,1H3,(H,20,21). The van der Waals surface area contributed by atoms with Crippen LogP contribution in [0, 0.1) is 18.3 Å². The van der Waals surface area contributed by atoms with E-state index in [9.17, 15) is 18.0 Å². The van der Waals surface area contributed by atoms with E-state index in [4.69, 9.17) is 10.4 Å². The third kappa shape index (κ3) is 2.74. The van der Waals surface area contributed by atoms with Crippen LogP contribution >= 0.6 is 0 Å². The number of rotatable bonds is 2. The van der Waals surface area contributed by atoms with Gasteiger partial charge in [0.1, 0.15) is 0 Å². The Morgan fingerprint density at radius 2 is 2.00 bits per heavy atom. The molecule has 0 aliphatic rings. The van der Waals surface area contributed by atoms with Gasteiger partial charge in [0.05, 0.1) is 22.8 Å². The van der Waals surface area contributed by atoms with Crippen molar-refractivity contribution in [2.24, 2.45) is 0 Å². The summed E-state index contributed by atoms with van der Waals surface area (Å²) in [6, 6.07) is 6.39. The number of alkyl halides is 3. The van der Waals surface area contributed by atoms with Crippen LogP contribution in [0.2, 0.25) is 0 Å². The molecule has 7 heteroatoms. The van der Waals surface area contributed by atoms with Gasteiger partial charge in [0, 0.05) is 18.1 Å². The third-order valence-electron chi connectivity index (χ3n) is 2.99. The molecule has 0 spiro atoms. The lowest BCUT2D eigenvalue weighted by molar-refractivity contribution is -0.138. The fraction of sp³-hybridized carbons (Fsp3) is 0.143. The maximum absolute atomic E-state index is 12.8. The number of carbonyl (C=O) groups is 1. The zero-order chi connectivity index (χ0) is 15.8. The Labute approximate surface area is 117 Å². The van der Waals surface area contributed by atoms with Crippen LogP contribution in [0.15, 0.2) is 30.6 Å². The monoisotopic (exact) mass is 294 g/mol. The van der Waals surface area contributed by atoms with Gasteiger partial charge in [0.15, 0.2) is 0 Å². The molecule has 21 heavy (non-hydrogen) atoms. The van der Waals surface area contributed by atoms with E-state index in [0.29, 0.717) is 16.8 Å². The van der Waals surface area contributed by atoms with Crippen molar-refractivity contribution in [2.75, 3.05) is 0 Å². The fourth-order valence-corrected chi connectivity index (χ4v) is 1.93. The van der Waals surface area contributed by atoms with Crippen LogP contribution < -0.4 is 0 Å². The summed E-state index contributed by atoms with van der Waals surface area (Å²) in [5, 5.41) is 17.7. The molecule has 0 bridgehead atoms. The second kappa shape index (κ2) is 4.98. The molecule has 108 valence electrons. The van der Waals surface area contributed by atoms with Crippen molar-refractivity contribution in [3.05, 3.63) is 52.8 Å². The van der Waals surface area contributed by atoms with Crippen LogP contribution in [-0.2, 0) is 6.18 Å². The number of aromatic nitrogens is 1. The maximum Gasteiger partial charge on any atom is 0.418 e. The van der Waals surface area contributed by atoms with Crippen LogP contribution in [0.3, 0.4) is 0 Å². The van der Waals surface area contributed by atoms with Crippen molar-refractivity contribution in [3.63, 3.8) is 0 Å². The first-order chi connectivity index (χ1) is 9.74. The molecule has 0 fully saturated rings. The molecule has 0 saturated carbocycles. The van der Waals surface area contributed by atoms with Crippen LogP contribution in [-0.4, -0.2) is 15.6 Å². The molecule has 1 N–H and O–H groups in total. The largest absolute Gasteiger partial charge is 0.478 e. The first-order valence-corrected chi connectivity index (χ1v) is 5.77. The summed E-state index contributed by atoms with van der Waals surface area (Å²) in [5.41, 5.74) is -0.680. The average molecular weight is 294 g/mol. The number of nitriles is 1. The van der Waals surface area contributed by atoms with Crippen molar-refractivity contribution >= 4 is 5.97 Å². The van der Waals surface area contributed by atoms with Gasteiger partial charge in [-0.2, -0.15) is 18.4 Å². The van der Waals surface area contributed by atoms with Gasteiger partial charge in [-0.3, -0.25) is 0 Å². The van der Waals surface area contributed by atoms with Gasteiger partial charge in [0.2, 0.25) is 0 Å². The normalized spacial score (nSPS) is 11.2. The lowest BCUT2D eigenvalue weighted by Crippen LogP contribution is -2.09. The molecule has 0 aliphatic heterocycles. The van der Waals surface area contributed by atoms with E-state index in [1.807, 2.05) is 6.07 Å². The summed E-state index contributed by atoms with van der Waals surface area (Å²) < 4.78 is 39.5. The van der Waals surface area contributed by atoms with Crippen molar-refractivity contribution in [3.8, 4) is 11.8 Å². The minimum Gasteiger partial charge on any atom is -0.478 e. The zero-order valence-electron chi connectivity index (χ0n) is 10.8. The number of benzene rings is 1. The lowest BCUT2D eigenvalue weighted by atomic mass is 10.1. The summed E-state index contributed by atoms with van der Waals surface area (Å²) in [6.45, 7) is 1.65. The minimum atomic E-state index is -4.75. The number of aryl methyl sites for hydroxylation is 1. The van der Waals surface area contributed by atoms with Gasteiger partial charge in [-0.15, -0.1) is 0 Å². The average Bonchev–Trinajstić information content (AvgIpc) is 2.83. The van der Waals surface area contributed by atoms with Gasteiger partial charge in [0.25, 0.3) is 0 Å². The van der Waals surface area contributed by atoms with E-state index in [2.05, 4.69) is 0 Å². The Morgan fingerprint density at radius 3 is 2.43 bits per heavy atom. The molecular formula is C14H9F3N2O2. The molecule has 2 aromatic rings. The third-order valence-corrected chi connectivity index (χ3v) is 2.99. The van der Waals surface area contributed by atoms with Crippen molar-refractivity contribution < 1.29 is 23.1 Å². The van der Waals surface area contributed by atoms with Gasteiger partial charge in [-0.1, -0.05) is 0 Å². The van der Waals surface area contributed by atoms with Gasteiger partial charge in [-0.05, 0) is 30.7 Å². The SMILES string of the molecule is Cc1cc(-n2cc(C(=O)O)c(C(F)(F)F)c2)ccc1C#N. The van der Waals surface area contributed by atoms with E-state index in [1.165, 1.54) is 18.2 Å². The Kier molecular flexibility index (Phi) is 3.47. The second-order valence-electron chi connectivity index (χ2n) is 4.41. The molecule has 1 aromatic heterocycles. The summed E-state index contributed by atoms with van der Waals surface area (Å²) in [6.07, 6.45) is -3.11. The summed E-state index contributed by atoms with van der Waals surface area (Å²) in [7, 11) is 0. The molecule has 1 aromatic carbocycles.